The van der Waals surface area contributed by atoms with Crippen LogP contribution in [0.4, 0.5) is 0 Å². The molecule has 1 N–H and O–H groups in total. The molecule has 1 aliphatic heterocycles. The number of hydrogen-bond acceptors (Lipinski definition) is 3. The zero-order valence-corrected chi connectivity index (χ0v) is 9.07. The zero-order chi connectivity index (χ0) is 9.52. The highest BCUT2D eigenvalue weighted by molar-refractivity contribution is 7.99. The van der Waals surface area contributed by atoms with Crippen molar-refractivity contribution in [3.05, 3.63) is 0 Å². The van der Waals surface area contributed by atoms with E-state index >= 15 is 0 Å². The number of terminal acetylenes is 1. The largest absolute Gasteiger partial charge is 0.312 e. The van der Waals surface area contributed by atoms with E-state index in [9.17, 15) is 0 Å². The van der Waals surface area contributed by atoms with Crippen LogP contribution in [0.15, 0.2) is 0 Å². The Bertz CT molecular complexity index is 170. The molecule has 1 saturated heterocycles. The van der Waals surface area contributed by atoms with E-state index in [0.29, 0.717) is 6.04 Å². The Balaban J connectivity index is 2.07. The predicted molar refractivity (Wildman–Crippen MR) is 60.1 cm³/mol. The molecule has 3 heteroatoms. The van der Waals surface area contributed by atoms with Gasteiger partial charge in [-0.15, -0.1) is 6.42 Å². The van der Waals surface area contributed by atoms with Crippen molar-refractivity contribution in [3.8, 4) is 12.3 Å². The molecule has 0 aliphatic carbocycles. The van der Waals surface area contributed by atoms with Gasteiger partial charge in [0.05, 0.1) is 6.54 Å². The Labute approximate surface area is 85.4 Å². The molecule has 0 amide bonds. The lowest BCUT2D eigenvalue weighted by Gasteiger charge is -2.24. The molecular weight excluding hydrogens is 180 g/mol. The van der Waals surface area contributed by atoms with Gasteiger partial charge in [-0.25, -0.2) is 0 Å². The highest BCUT2D eigenvalue weighted by atomic mass is 32.2. The van der Waals surface area contributed by atoms with Gasteiger partial charge in [0.1, 0.15) is 0 Å². The fourth-order valence-electron chi connectivity index (χ4n) is 1.42. The van der Waals surface area contributed by atoms with Crippen molar-refractivity contribution < 1.29 is 0 Å². The summed E-state index contributed by atoms with van der Waals surface area (Å²) in [6, 6.07) is 0.693. The molecule has 0 aromatic carbocycles. The van der Waals surface area contributed by atoms with E-state index in [1.54, 1.807) is 0 Å². The van der Waals surface area contributed by atoms with Crippen LogP contribution in [0.2, 0.25) is 0 Å². The van der Waals surface area contributed by atoms with Crippen LogP contribution in [-0.4, -0.2) is 49.1 Å². The van der Waals surface area contributed by atoms with Crippen LogP contribution in [-0.2, 0) is 0 Å². The molecule has 0 saturated carbocycles. The lowest BCUT2D eigenvalue weighted by Crippen LogP contribution is -2.39. The topological polar surface area (TPSA) is 15.3 Å². The van der Waals surface area contributed by atoms with Crippen molar-refractivity contribution in [1.82, 2.24) is 10.2 Å². The molecule has 0 radical (unpaired) electrons. The van der Waals surface area contributed by atoms with Crippen LogP contribution in [0.3, 0.4) is 0 Å². The molecule has 74 valence electrons. The maximum absolute atomic E-state index is 5.23. The molecule has 13 heavy (non-hydrogen) atoms. The van der Waals surface area contributed by atoms with Gasteiger partial charge in [-0.3, -0.25) is 4.90 Å². The molecule has 1 atom stereocenters. The van der Waals surface area contributed by atoms with Crippen LogP contribution in [0.5, 0.6) is 0 Å². The van der Waals surface area contributed by atoms with E-state index in [4.69, 9.17) is 6.42 Å². The van der Waals surface area contributed by atoms with Gasteiger partial charge >= 0.3 is 0 Å². The lowest BCUT2D eigenvalue weighted by molar-refractivity contribution is 0.344. The second kappa shape index (κ2) is 6.31. The second-order valence-corrected chi connectivity index (χ2v) is 4.61. The standard InChI is InChI=1S/C10H18N2S/c1-3-6-12(2)7-4-10-9-13-8-5-11-10/h1,10-11H,4-9H2,2H3. The first kappa shape index (κ1) is 10.9. The fraction of sp³-hybridized carbons (Fsp3) is 0.800. The summed E-state index contributed by atoms with van der Waals surface area (Å²) in [5, 5.41) is 3.52. The van der Waals surface area contributed by atoms with Gasteiger partial charge in [0.2, 0.25) is 0 Å². The minimum absolute atomic E-state index is 0.693. The molecule has 1 aliphatic rings. The maximum Gasteiger partial charge on any atom is 0.0596 e. The Morgan fingerprint density at radius 3 is 3.15 bits per heavy atom. The van der Waals surface area contributed by atoms with E-state index < -0.39 is 0 Å². The SMILES string of the molecule is C#CCN(C)CCC1CSCCN1. The number of nitrogens with one attached hydrogen (secondary N) is 1. The molecule has 0 aromatic rings. The van der Waals surface area contributed by atoms with E-state index in [0.717, 1.165) is 19.6 Å². The summed E-state index contributed by atoms with van der Waals surface area (Å²) in [5.41, 5.74) is 0. The lowest BCUT2D eigenvalue weighted by atomic mass is 10.2. The third-order valence-electron chi connectivity index (χ3n) is 2.22. The molecule has 1 rings (SSSR count). The quantitative estimate of drug-likeness (QED) is 0.668. The first-order chi connectivity index (χ1) is 6.33. The normalized spacial score (nSPS) is 23.0. The predicted octanol–water partition coefficient (Wildman–Crippen LogP) is 0.646. The van der Waals surface area contributed by atoms with E-state index in [2.05, 4.69) is 23.2 Å². The van der Waals surface area contributed by atoms with Crippen molar-refractivity contribution in [2.24, 2.45) is 0 Å². The van der Waals surface area contributed by atoms with Gasteiger partial charge in [-0.1, -0.05) is 5.92 Å². The van der Waals surface area contributed by atoms with Crippen molar-refractivity contribution in [1.29, 1.82) is 0 Å². The van der Waals surface area contributed by atoms with Gasteiger partial charge in [-0.2, -0.15) is 11.8 Å². The molecule has 1 heterocycles. The van der Waals surface area contributed by atoms with Crippen molar-refractivity contribution in [3.63, 3.8) is 0 Å². The van der Waals surface area contributed by atoms with Gasteiger partial charge in [-0.05, 0) is 13.5 Å². The van der Waals surface area contributed by atoms with Crippen molar-refractivity contribution in [2.45, 2.75) is 12.5 Å². The summed E-state index contributed by atoms with van der Waals surface area (Å²) in [6.45, 7) is 3.02. The van der Waals surface area contributed by atoms with Gasteiger partial charge in [0, 0.05) is 30.6 Å². The summed E-state index contributed by atoms with van der Waals surface area (Å²) in [7, 11) is 2.08. The number of thioether (sulfide) groups is 1. The number of hydrogen-bond donors (Lipinski definition) is 1. The van der Waals surface area contributed by atoms with Gasteiger partial charge in [0.25, 0.3) is 0 Å². The van der Waals surface area contributed by atoms with Crippen LogP contribution in [0.25, 0.3) is 0 Å². The Morgan fingerprint density at radius 1 is 1.69 bits per heavy atom. The minimum atomic E-state index is 0.693. The Kier molecular flexibility index (Phi) is 5.29. The molecule has 0 bridgehead atoms. The molecule has 2 nitrogen and oxygen atoms in total. The summed E-state index contributed by atoms with van der Waals surface area (Å²) in [4.78, 5) is 2.20. The van der Waals surface area contributed by atoms with Crippen LogP contribution >= 0.6 is 11.8 Å². The number of nitrogens with zero attached hydrogens (tertiary/aromatic N) is 1. The monoisotopic (exact) mass is 198 g/mol. The van der Waals surface area contributed by atoms with Crippen molar-refractivity contribution in [2.75, 3.05) is 38.2 Å². The molecular formula is C10H18N2S. The average Bonchev–Trinajstić information content (AvgIpc) is 2.17. The first-order valence-corrected chi connectivity index (χ1v) is 5.91. The van der Waals surface area contributed by atoms with Crippen LogP contribution < -0.4 is 5.32 Å². The molecule has 0 aromatic heterocycles. The third-order valence-corrected chi connectivity index (χ3v) is 3.35. The van der Waals surface area contributed by atoms with Crippen molar-refractivity contribution >= 4 is 11.8 Å². The van der Waals surface area contributed by atoms with E-state index in [-0.39, 0.29) is 0 Å². The average molecular weight is 198 g/mol. The molecule has 1 unspecified atom stereocenters. The van der Waals surface area contributed by atoms with Crippen LogP contribution in [0, 0.1) is 12.3 Å². The van der Waals surface area contributed by atoms with E-state index in [1.807, 2.05) is 11.8 Å². The summed E-state index contributed by atoms with van der Waals surface area (Å²) < 4.78 is 0. The summed E-state index contributed by atoms with van der Waals surface area (Å²) in [5.74, 6) is 5.17. The summed E-state index contributed by atoms with van der Waals surface area (Å²) in [6.07, 6.45) is 6.44. The van der Waals surface area contributed by atoms with Crippen LogP contribution in [0.1, 0.15) is 6.42 Å². The molecule has 0 spiro atoms. The van der Waals surface area contributed by atoms with Gasteiger partial charge in [0.15, 0.2) is 0 Å². The minimum Gasteiger partial charge on any atom is -0.312 e. The maximum atomic E-state index is 5.23. The Morgan fingerprint density at radius 2 is 2.54 bits per heavy atom. The second-order valence-electron chi connectivity index (χ2n) is 3.46. The number of rotatable bonds is 4. The van der Waals surface area contributed by atoms with Gasteiger partial charge < -0.3 is 5.32 Å². The fourth-order valence-corrected chi connectivity index (χ4v) is 2.41. The first-order valence-electron chi connectivity index (χ1n) is 4.76. The Hall–Kier alpha value is -0.170. The highest BCUT2D eigenvalue weighted by Crippen LogP contribution is 2.10. The zero-order valence-electron chi connectivity index (χ0n) is 8.25. The summed E-state index contributed by atoms with van der Waals surface area (Å²) >= 11 is 2.05. The molecule has 1 fully saturated rings. The third kappa shape index (κ3) is 4.56. The smallest absolute Gasteiger partial charge is 0.0596 e. The highest BCUT2D eigenvalue weighted by Gasteiger charge is 2.12. The van der Waals surface area contributed by atoms with E-state index in [1.165, 1.54) is 17.9 Å².